The number of ketones is 3. The summed E-state index contributed by atoms with van der Waals surface area (Å²) in [4.78, 5) is 40.7. The molecule has 0 bridgehead atoms. The van der Waals surface area contributed by atoms with E-state index in [0.717, 1.165) is 5.57 Å². The molecule has 2 fully saturated rings. The highest BCUT2D eigenvalue weighted by atomic mass is 16.3. The molecule has 2 N–H and O–H groups in total. The Morgan fingerprint density at radius 1 is 1.09 bits per heavy atom. The Labute approximate surface area is 210 Å². The molecule has 4 aliphatic carbocycles. The second-order valence-corrected chi connectivity index (χ2v) is 13.6. The molecule has 0 heterocycles. The molecule has 2 saturated carbocycles. The Kier molecular flexibility index (Phi) is 6.21. The second kappa shape index (κ2) is 8.21. The maximum atomic E-state index is 14.0. The number of hydrogen-bond acceptors (Lipinski definition) is 5. The van der Waals surface area contributed by atoms with E-state index in [-0.39, 0.29) is 41.5 Å². The number of fused-ring (bicyclic) bond motifs is 4. The lowest BCUT2D eigenvalue weighted by Crippen LogP contribution is -2.60. The molecule has 0 saturated heterocycles. The Hall–Kier alpha value is -1.59. The molecule has 0 aromatic heterocycles. The zero-order chi connectivity index (χ0) is 26.3. The van der Waals surface area contributed by atoms with Gasteiger partial charge in [0, 0.05) is 35.7 Å². The van der Waals surface area contributed by atoms with Crippen molar-refractivity contribution in [1.29, 1.82) is 0 Å². The Morgan fingerprint density at radius 3 is 2.31 bits per heavy atom. The molecule has 0 spiro atoms. The number of aliphatic hydroxyl groups is 2. The van der Waals surface area contributed by atoms with Crippen LogP contribution in [0.1, 0.15) is 93.9 Å². The van der Waals surface area contributed by atoms with Gasteiger partial charge < -0.3 is 10.2 Å². The van der Waals surface area contributed by atoms with Crippen LogP contribution in [0.4, 0.5) is 0 Å². The topological polar surface area (TPSA) is 91.7 Å². The minimum Gasteiger partial charge on any atom is -0.389 e. The monoisotopic (exact) mass is 484 g/mol. The van der Waals surface area contributed by atoms with Gasteiger partial charge in [0.25, 0.3) is 0 Å². The van der Waals surface area contributed by atoms with Gasteiger partial charge in [-0.05, 0) is 68.8 Å². The minimum absolute atomic E-state index is 0.0353. The average molecular weight is 485 g/mol. The molecule has 35 heavy (non-hydrogen) atoms. The van der Waals surface area contributed by atoms with Crippen molar-refractivity contribution in [3.63, 3.8) is 0 Å². The quantitative estimate of drug-likeness (QED) is 0.549. The summed E-state index contributed by atoms with van der Waals surface area (Å²) in [5.74, 6) is 0.180. The van der Waals surface area contributed by atoms with Crippen molar-refractivity contribution >= 4 is 17.3 Å². The maximum absolute atomic E-state index is 14.0. The van der Waals surface area contributed by atoms with Crippen molar-refractivity contribution in [2.24, 2.45) is 39.4 Å². The van der Waals surface area contributed by atoms with Crippen LogP contribution in [-0.2, 0) is 14.4 Å². The first kappa shape index (κ1) is 26.5. The molecule has 8 atom stereocenters. The Morgan fingerprint density at radius 2 is 1.71 bits per heavy atom. The predicted molar refractivity (Wildman–Crippen MR) is 135 cm³/mol. The maximum Gasteiger partial charge on any atom is 0.160 e. The number of carbonyl (C=O) groups excluding carboxylic acids is 3. The number of hydrogen-bond donors (Lipinski definition) is 2. The summed E-state index contributed by atoms with van der Waals surface area (Å²) >= 11 is 0. The lowest BCUT2D eigenvalue weighted by Gasteiger charge is -2.60. The Bertz CT molecular complexity index is 1030. The highest BCUT2D eigenvalue weighted by Crippen LogP contribution is 2.70. The van der Waals surface area contributed by atoms with E-state index in [1.165, 1.54) is 0 Å². The third-order valence-corrected chi connectivity index (χ3v) is 11.0. The SMILES string of the molecule is CC(C)=CC(O)C[C@@H](C)[C@H]1CC(=O)[C@@]2(C)C3=C(C(=O)C[C@]12C)[C@@]1(C)CCC(=O)C(C)(C)[C@@H]1C[C@@H]3O. The lowest BCUT2D eigenvalue weighted by atomic mass is 9.42. The summed E-state index contributed by atoms with van der Waals surface area (Å²) in [7, 11) is 0. The van der Waals surface area contributed by atoms with Gasteiger partial charge in [0.2, 0.25) is 0 Å². The van der Waals surface area contributed by atoms with Gasteiger partial charge in [0.05, 0.1) is 17.6 Å². The van der Waals surface area contributed by atoms with Crippen molar-refractivity contribution in [3.8, 4) is 0 Å². The number of allylic oxidation sites excluding steroid dienone is 2. The minimum atomic E-state index is -0.921. The molecule has 0 aromatic carbocycles. The van der Waals surface area contributed by atoms with Gasteiger partial charge in [-0.3, -0.25) is 14.4 Å². The van der Waals surface area contributed by atoms with E-state index in [4.69, 9.17) is 0 Å². The fraction of sp³-hybridized carbons (Fsp3) is 0.767. The molecule has 5 heteroatoms. The molecule has 4 rings (SSSR count). The van der Waals surface area contributed by atoms with E-state index >= 15 is 0 Å². The van der Waals surface area contributed by atoms with Crippen molar-refractivity contribution in [3.05, 3.63) is 22.8 Å². The molecular weight excluding hydrogens is 440 g/mol. The number of rotatable bonds is 4. The van der Waals surface area contributed by atoms with E-state index < -0.39 is 33.9 Å². The summed E-state index contributed by atoms with van der Waals surface area (Å²) < 4.78 is 0. The van der Waals surface area contributed by atoms with Crippen LogP contribution < -0.4 is 0 Å². The van der Waals surface area contributed by atoms with E-state index in [2.05, 4.69) is 20.8 Å². The molecule has 0 radical (unpaired) electrons. The Balaban J connectivity index is 1.82. The van der Waals surface area contributed by atoms with Crippen LogP contribution in [-0.4, -0.2) is 39.8 Å². The van der Waals surface area contributed by atoms with Crippen molar-refractivity contribution in [2.45, 2.75) is 106 Å². The van der Waals surface area contributed by atoms with Crippen LogP contribution in [0.3, 0.4) is 0 Å². The fourth-order valence-electron chi connectivity index (χ4n) is 8.91. The van der Waals surface area contributed by atoms with Crippen molar-refractivity contribution < 1.29 is 24.6 Å². The first-order valence-electron chi connectivity index (χ1n) is 13.4. The second-order valence-electron chi connectivity index (χ2n) is 13.6. The van der Waals surface area contributed by atoms with Crippen LogP contribution in [0.5, 0.6) is 0 Å². The molecule has 0 aliphatic heterocycles. The normalized spacial score (nSPS) is 42.2. The average Bonchev–Trinajstić information content (AvgIpc) is 2.93. The molecule has 0 amide bonds. The molecule has 5 nitrogen and oxygen atoms in total. The highest BCUT2D eigenvalue weighted by molar-refractivity contribution is 6.05. The van der Waals surface area contributed by atoms with E-state index in [9.17, 15) is 24.6 Å². The molecule has 4 aliphatic rings. The molecule has 194 valence electrons. The summed E-state index contributed by atoms with van der Waals surface area (Å²) in [6.07, 6.45) is 2.93. The zero-order valence-electron chi connectivity index (χ0n) is 22.8. The van der Waals surface area contributed by atoms with Gasteiger partial charge in [-0.15, -0.1) is 0 Å². The summed E-state index contributed by atoms with van der Waals surface area (Å²) in [5.41, 5.74) is -0.335. The summed E-state index contributed by atoms with van der Waals surface area (Å²) in [6, 6.07) is 0. The largest absolute Gasteiger partial charge is 0.389 e. The van der Waals surface area contributed by atoms with Crippen molar-refractivity contribution in [1.82, 2.24) is 0 Å². The number of aliphatic hydroxyl groups excluding tert-OH is 2. The smallest absolute Gasteiger partial charge is 0.160 e. The van der Waals surface area contributed by atoms with Gasteiger partial charge in [-0.25, -0.2) is 0 Å². The third-order valence-electron chi connectivity index (χ3n) is 11.0. The van der Waals surface area contributed by atoms with E-state index in [1.54, 1.807) is 0 Å². The van der Waals surface area contributed by atoms with Gasteiger partial charge in [0.1, 0.15) is 11.6 Å². The van der Waals surface area contributed by atoms with Crippen LogP contribution >= 0.6 is 0 Å². The van der Waals surface area contributed by atoms with Gasteiger partial charge in [0.15, 0.2) is 5.78 Å². The van der Waals surface area contributed by atoms with Crippen LogP contribution in [0, 0.1) is 39.4 Å². The molecular formula is C30H44O5. The van der Waals surface area contributed by atoms with E-state index in [1.807, 2.05) is 40.7 Å². The number of Topliss-reactive ketones (excluding diaryl/α,β-unsaturated/α-hetero) is 3. The predicted octanol–water partition coefficient (Wildman–Crippen LogP) is 4.99. The molecule has 0 aromatic rings. The highest BCUT2D eigenvalue weighted by Gasteiger charge is 2.70. The van der Waals surface area contributed by atoms with Crippen LogP contribution in [0.2, 0.25) is 0 Å². The summed E-state index contributed by atoms with van der Waals surface area (Å²) in [5, 5.41) is 22.2. The van der Waals surface area contributed by atoms with Crippen molar-refractivity contribution in [2.75, 3.05) is 0 Å². The van der Waals surface area contributed by atoms with Gasteiger partial charge in [-0.2, -0.15) is 0 Å². The van der Waals surface area contributed by atoms with E-state index in [0.29, 0.717) is 43.3 Å². The first-order chi connectivity index (χ1) is 16.0. The van der Waals surface area contributed by atoms with Crippen LogP contribution in [0.25, 0.3) is 0 Å². The lowest BCUT2D eigenvalue weighted by molar-refractivity contribution is -0.146. The van der Waals surface area contributed by atoms with Crippen LogP contribution in [0.15, 0.2) is 22.8 Å². The fourth-order valence-corrected chi connectivity index (χ4v) is 8.91. The standard InChI is InChI=1S/C30H44O5/c1-16(2)11-18(31)12-17(3)19-13-24(35)30(8)26-20(32)14-22-27(4,5)23(34)9-10-28(22,6)25(26)21(33)15-29(19,30)7/h11,17-20,22,31-32H,9-10,12-15H2,1-8H3/t17-,18?,19-,20+,22+,28+,29-,30+/m1/s1. The number of carbonyl (C=O) groups is 3. The summed E-state index contributed by atoms with van der Waals surface area (Å²) in [6.45, 7) is 16.0. The first-order valence-corrected chi connectivity index (χ1v) is 13.4. The van der Waals surface area contributed by atoms with Gasteiger partial charge >= 0.3 is 0 Å². The zero-order valence-corrected chi connectivity index (χ0v) is 22.8. The third kappa shape index (κ3) is 3.51. The van der Waals surface area contributed by atoms with Gasteiger partial charge in [-0.1, -0.05) is 46.3 Å². The molecule has 1 unspecified atom stereocenters.